The van der Waals surface area contributed by atoms with Gasteiger partial charge in [0.05, 0.1) is 23.4 Å². The van der Waals surface area contributed by atoms with Crippen LogP contribution in [-0.4, -0.2) is 70.2 Å². The predicted molar refractivity (Wildman–Crippen MR) is 186 cm³/mol. The summed E-state index contributed by atoms with van der Waals surface area (Å²) in [6.45, 7) is 4.38. The zero-order valence-corrected chi connectivity index (χ0v) is 28.4. The lowest BCUT2D eigenvalue weighted by Gasteiger charge is -2.44. The predicted octanol–water partition coefficient (Wildman–Crippen LogP) is 5.01. The van der Waals surface area contributed by atoms with Crippen molar-refractivity contribution in [1.29, 1.82) is 0 Å². The van der Waals surface area contributed by atoms with Gasteiger partial charge < -0.3 is 24.0 Å². The van der Waals surface area contributed by atoms with Crippen molar-refractivity contribution in [1.82, 2.24) is 9.47 Å². The lowest BCUT2D eigenvalue weighted by atomic mass is 9.83. The molecule has 1 N–H and O–H groups in total. The number of rotatable bonds is 7. The molecule has 4 aromatic rings. The number of carbonyl (C=O) groups excluding carboxylic acids is 1. The van der Waals surface area contributed by atoms with E-state index in [4.69, 9.17) is 4.74 Å². The van der Waals surface area contributed by atoms with Crippen molar-refractivity contribution < 1.29 is 17.9 Å². The highest BCUT2D eigenvalue weighted by Crippen LogP contribution is 2.40. The van der Waals surface area contributed by atoms with Gasteiger partial charge in [0.15, 0.2) is 0 Å². The van der Waals surface area contributed by atoms with Gasteiger partial charge in [-0.05, 0) is 85.1 Å². The number of hydrogen-bond acceptors (Lipinski definition) is 7. The Labute approximate surface area is 282 Å². The van der Waals surface area contributed by atoms with Crippen molar-refractivity contribution in [3.8, 4) is 5.75 Å². The zero-order chi connectivity index (χ0) is 32.7. The van der Waals surface area contributed by atoms with Crippen LogP contribution in [0.1, 0.15) is 28.4 Å². The number of ether oxygens (including phenoxy) is 1. The molecule has 0 spiro atoms. The van der Waals surface area contributed by atoms with Crippen LogP contribution in [0.15, 0.2) is 99.1 Å². The maximum atomic E-state index is 13.8. The van der Waals surface area contributed by atoms with E-state index in [9.17, 15) is 18.0 Å². The van der Waals surface area contributed by atoms with Gasteiger partial charge in [0.25, 0.3) is 21.5 Å². The summed E-state index contributed by atoms with van der Waals surface area (Å²) in [5.74, 6) is 1.03. The zero-order valence-electron chi connectivity index (χ0n) is 26.0. The van der Waals surface area contributed by atoms with E-state index in [1.807, 2.05) is 51.9 Å². The quantitative estimate of drug-likeness (QED) is 0.287. The van der Waals surface area contributed by atoms with Gasteiger partial charge in [-0.1, -0.05) is 22.0 Å². The topological polar surface area (TPSA) is 104 Å². The summed E-state index contributed by atoms with van der Waals surface area (Å²) in [6, 6.07) is 25.1. The molecule has 3 aliphatic rings. The number of amides is 1. The number of piperidine rings is 1. The van der Waals surface area contributed by atoms with Crippen molar-refractivity contribution in [2.75, 3.05) is 60.9 Å². The Kier molecular flexibility index (Phi) is 8.48. The van der Waals surface area contributed by atoms with Crippen LogP contribution < -0.4 is 24.8 Å². The van der Waals surface area contributed by atoms with E-state index < -0.39 is 10.0 Å². The van der Waals surface area contributed by atoms with E-state index in [0.717, 1.165) is 28.0 Å². The van der Waals surface area contributed by atoms with Crippen LogP contribution in [-0.2, 0) is 16.6 Å². The number of carbonyl (C=O) groups is 1. The van der Waals surface area contributed by atoms with Crippen molar-refractivity contribution in [2.24, 2.45) is 5.92 Å². The number of halogens is 1. The first kappa shape index (κ1) is 31.3. The van der Waals surface area contributed by atoms with E-state index in [0.29, 0.717) is 62.8 Å². The van der Waals surface area contributed by atoms with Crippen LogP contribution in [0.4, 0.5) is 17.1 Å². The number of piperazine rings is 1. The molecule has 10 nitrogen and oxygen atoms in total. The molecule has 0 radical (unpaired) electrons. The lowest BCUT2D eigenvalue weighted by molar-refractivity contribution is 0.0747. The van der Waals surface area contributed by atoms with Gasteiger partial charge in [-0.15, -0.1) is 0 Å². The molecule has 2 unspecified atom stereocenters. The smallest absolute Gasteiger partial charge is 0.261 e. The van der Waals surface area contributed by atoms with Gasteiger partial charge in [-0.3, -0.25) is 14.3 Å². The molecule has 47 heavy (non-hydrogen) atoms. The Morgan fingerprint density at radius 2 is 1.62 bits per heavy atom. The molecule has 2 saturated heterocycles. The van der Waals surface area contributed by atoms with Gasteiger partial charge >= 0.3 is 0 Å². The van der Waals surface area contributed by atoms with Crippen LogP contribution in [0.2, 0.25) is 0 Å². The highest BCUT2D eigenvalue weighted by molar-refractivity contribution is 9.10. The molecule has 2 atom stereocenters. The summed E-state index contributed by atoms with van der Waals surface area (Å²) in [6.07, 6.45) is 0.971. The minimum atomic E-state index is -3.96. The van der Waals surface area contributed by atoms with Crippen molar-refractivity contribution >= 4 is 48.9 Å². The molecular weight excluding hydrogens is 682 g/mol. The molecule has 7 rings (SSSR count). The Balaban J connectivity index is 1.16. The Bertz CT molecular complexity index is 1960. The van der Waals surface area contributed by atoms with Gasteiger partial charge in [-0.25, -0.2) is 8.42 Å². The van der Waals surface area contributed by atoms with Crippen molar-refractivity contribution in [2.45, 2.75) is 23.8 Å². The summed E-state index contributed by atoms with van der Waals surface area (Å²) in [4.78, 5) is 32.8. The van der Waals surface area contributed by atoms with E-state index in [1.165, 1.54) is 0 Å². The van der Waals surface area contributed by atoms with E-state index in [2.05, 4.69) is 30.5 Å². The number of sulfonamides is 1. The molecular formula is C35H36BrN5O5S. The second-order valence-electron chi connectivity index (χ2n) is 12.4. The van der Waals surface area contributed by atoms with Crippen LogP contribution in [0.25, 0.3) is 0 Å². The van der Waals surface area contributed by atoms with Crippen LogP contribution >= 0.6 is 15.9 Å². The minimum Gasteiger partial charge on any atom is -0.497 e. The highest BCUT2D eigenvalue weighted by atomic mass is 79.9. The van der Waals surface area contributed by atoms with Gasteiger partial charge in [0, 0.05) is 79.2 Å². The second kappa shape index (κ2) is 12.7. The van der Waals surface area contributed by atoms with E-state index in [1.54, 1.807) is 49.6 Å². The number of pyridine rings is 1. The standard InChI is InChI=1S/C35H36BrN5O5S/c1-46-29-10-8-28(9-11-29)38-15-17-39(18-16-38)35(43)25-5-14-33(31(20-25)37-47(44,45)30-12-6-27(36)7-13-30)40-21-24-19-26(23-40)32-3-2-4-34(42)41(32)22-24/h2-14,20,24,26,37H,15-19,21-23H2,1H3. The first-order chi connectivity index (χ1) is 22.7. The highest BCUT2D eigenvalue weighted by Gasteiger charge is 2.36. The van der Waals surface area contributed by atoms with Crippen molar-refractivity contribution in [3.05, 3.63) is 111 Å². The number of anilines is 3. The van der Waals surface area contributed by atoms with Crippen LogP contribution in [0.3, 0.4) is 0 Å². The lowest BCUT2D eigenvalue weighted by Crippen LogP contribution is -2.49. The molecule has 0 saturated carbocycles. The fourth-order valence-corrected chi connectivity index (χ4v) is 8.41. The number of nitrogens with one attached hydrogen (secondary N) is 1. The maximum Gasteiger partial charge on any atom is 0.261 e. The number of fused-ring (bicyclic) bond motifs is 4. The fourth-order valence-electron chi connectivity index (χ4n) is 7.08. The largest absolute Gasteiger partial charge is 0.497 e. The van der Waals surface area contributed by atoms with Crippen LogP contribution in [0.5, 0.6) is 5.75 Å². The molecule has 1 amide bonds. The Hall–Kier alpha value is -4.29. The first-order valence-corrected chi connectivity index (χ1v) is 18.0. The molecule has 1 aromatic heterocycles. The average Bonchev–Trinajstić information content (AvgIpc) is 3.08. The SMILES string of the molecule is COc1ccc(N2CCN(C(=O)c3ccc(N4CC5CC(C4)c4cccc(=O)n4C5)c(NS(=O)(=O)c4ccc(Br)cc4)c3)CC2)cc1. The molecule has 12 heteroatoms. The number of benzene rings is 3. The molecule has 2 fully saturated rings. The molecule has 3 aromatic carbocycles. The van der Waals surface area contributed by atoms with Gasteiger partial charge in [0.1, 0.15) is 5.75 Å². The average molecular weight is 719 g/mol. The molecule has 0 aliphatic carbocycles. The van der Waals surface area contributed by atoms with E-state index in [-0.39, 0.29) is 28.2 Å². The number of hydrogen-bond donors (Lipinski definition) is 1. The number of aromatic nitrogens is 1. The Morgan fingerprint density at radius 3 is 2.34 bits per heavy atom. The van der Waals surface area contributed by atoms with Crippen molar-refractivity contribution in [3.63, 3.8) is 0 Å². The third-order valence-electron chi connectivity index (χ3n) is 9.44. The minimum absolute atomic E-state index is 0.0151. The maximum absolute atomic E-state index is 13.8. The summed E-state index contributed by atoms with van der Waals surface area (Å²) in [7, 11) is -2.32. The van der Waals surface area contributed by atoms with E-state index >= 15 is 0 Å². The fraction of sp³-hybridized carbons (Fsp3) is 0.314. The molecule has 3 aliphatic heterocycles. The number of methoxy groups -OCH3 is 1. The normalized spacial score (nSPS) is 19.2. The molecule has 244 valence electrons. The third kappa shape index (κ3) is 6.36. The third-order valence-corrected chi connectivity index (χ3v) is 11.3. The Morgan fingerprint density at radius 1 is 0.872 bits per heavy atom. The molecule has 4 heterocycles. The molecule has 2 bridgehead atoms. The summed E-state index contributed by atoms with van der Waals surface area (Å²) in [5, 5.41) is 0. The number of nitrogens with zero attached hydrogens (tertiary/aromatic N) is 4. The van der Waals surface area contributed by atoms with Gasteiger partial charge in [-0.2, -0.15) is 0 Å². The summed E-state index contributed by atoms with van der Waals surface area (Å²) < 4.78 is 38.0. The van der Waals surface area contributed by atoms with Crippen LogP contribution in [0, 0.1) is 5.92 Å². The van der Waals surface area contributed by atoms with Gasteiger partial charge in [0.2, 0.25) is 0 Å². The second-order valence-corrected chi connectivity index (χ2v) is 15.0. The monoisotopic (exact) mass is 717 g/mol. The first-order valence-electron chi connectivity index (χ1n) is 15.7. The summed E-state index contributed by atoms with van der Waals surface area (Å²) in [5.41, 5.74) is 3.60. The summed E-state index contributed by atoms with van der Waals surface area (Å²) >= 11 is 3.37.